The first kappa shape index (κ1) is 19.6. The van der Waals surface area contributed by atoms with Crippen LogP contribution in [-0.4, -0.2) is 22.6 Å². The molecule has 0 saturated carbocycles. The Morgan fingerprint density at radius 3 is 2.04 bits per heavy atom. The first-order valence-electron chi connectivity index (χ1n) is 8.45. The van der Waals surface area contributed by atoms with Crippen LogP contribution in [0.4, 0.5) is 0 Å². The second-order valence-electron chi connectivity index (χ2n) is 5.80. The Morgan fingerprint density at radius 1 is 0.750 bits per heavy atom. The fourth-order valence-corrected chi connectivity index (χ4v) is 3.60. The molecule has 0 amide bonds. The summed E-state index contributed by atoms with van der Waals surface area (Å²) < 4.78 is 46.4. The Bertz CT molecular complexity index is 1010. The molecule has 0 atom stereocenters. The summed E-state index contributed by atoms with van der Waals surface area (Å²) in [5, 5.41) is 0. The average molecular weight is 400 g/mol. The third-order valence-electron chi connectivity index (χ3n) is 3.92. The molecule has 0 radical (unpaired) electrons. The molecule has 0 aliphatic carbocycles. The van der Waals surface area contributed by atoms with E-state index in [2.05, 4.69) is 0 Å². The fourth-order valence-electron chi connectivity index (χ4n) is 2.48. The third kappa shape index (κ3) is 4.75. The molecular formula is C21H20O6S. The molecule has 7 heteroatoms. The zero-order valence-corrected chi connectivity index (χ0v) is 16.3. The lowest BCUT2D eigenvalue weighted by atomic mass is 10.2. The molecule has 0 bridgehead atoms. The quantitative estimate of drug-likeness (QED) is 0.531. The predicted octanol–water partition coefficient (Wildman–Crippen LogP) is 4.05. The highest BCUT2D eigenvalue weighted by Gasteiger charge is 2.23. The van der Waals surface area contributed by atoms with Gasteiger partial charge in [-0.2, -0.15) is 8.42 Å². The van der Waals surface area contributed by atoms with Gasteiger partial charge in [-0.15, -0.1) is 0 Å². The summed E-state index contributed by atoms with van der Waals surface area (Å²) >= 11 is 0. The predicted molar refractivity (Wildman–Crippen MR) is 105 cm³/mol. The highest BCUT2D eigenvalue weighted by atomic mass is 32.2. The number of hydrogen-bond donors (Lipinski definition) is 0. The molecule has 0 aliphatic rings. The number of ether oxygens (including phenoxy) is 3. The van der Waals surface area contributed by atoms with Crippen LogP contribution in [0.5, 0.6) is 23.0 Å². The average Bonchev–Trinajstić information content (AvgIpc) is 2.73. The SMILES string of the molecule is COc1ccc(OC)c(S(=O)(=O)Oc2ccc(OCc3ccccc3)cc2)c1. The molecule has 0 heterocycles. The Labute approximate surface area is 164 Å². The largest absolute Gasteiger partial charge is 0.497 e. The maximum Gasteiger partial charge on any atom is 0.343 e. The van der Waals surface area contributed by atoms with Gasteiger partial charge < -0.3 is 18.4 Å². The summed E-state index contributed by atoms with van der Waals surface area (Å²) in [7, 11) is -1.26. The lowest BCUT2D eigenvalue weighted by Crippen LogP contribution is -2.11. The van der Waals surface area contributed by atoms with Gasteiger partial charge in [0.15, 0.2) is 4.90 Å². The minimum absolute atomic E-state index is 0.112. The minimum Gasteiger partial charge on any atom is -0.497 e. The smallest absolute Gasteiger partial charge is 0.343 e. The van der Waals surface area contributed by atoms with Crippen LogP contribution < -0.4 is 18.4 Å². The fraction of sp³-hybridized carbons (Fsp3) is 0.143. The van der Waals surface area contributed by atoms with E-state index in [9.17, 15) is 8.42 Å². The van der Waals surface area contributed by atoms with E-state index in [0.717, 1.165) is 5.56 Å². The topological polar surface area (TPSA) is 71.1 Å². The first-order chi connectivity index (χ1) is 13.5. The molecule has 3 aromatic carbocycles. The van der Waals surface area contributed by atoms with E-state index >= 15 is 0 Å². The van der Waals surface area contributed by atoms with Crippen LogP contribution in [0.15, 0.2) is 77.7 Å². The summed E-state index contributed by atoms with van der Waals surface area (Å²) in [6, 6.07) is 20.6. The number of rotatable bonds is 8. The van der Waals surface area contributed by atoms with Crippen LogP contribution in [0.2, 0.25) is 0 Å². The van der Waals surface area contributed by atoms with E-state index in [1.54, 1.807) is 18.2 Å². The van der Waals surface area contributed by atoms with Gasteiger partial charge in [0.2, 0.25) is 0 Å². The highest BCUT2D eigenvalue weighted by molar-refractivity contribution is 7.87. The van der Waals surface area contributed by atoms with Crippen LogP contribution in [-0.2, 0) is 16.7 Å². The standard InChI is InChI=1S/C21H20O6S/c1-24-19-12-13-20(25-2)21(14-19)28(22,23)27-18-10-8-17(9-11-18)26-15-16-6-4-3-5-7-16/h3-14H,15H2,1-2H3. The summed E-state index contributed by atoms with van der Waals surface area (Å²) in [5.74, 6) is 1.32. The van der Waals surface area contributed by atoms with E-state index in [1.807, 2.05) is 30.3 Å². The van der Waals surface area contributed by atoms with Crippen molar-refractivity contribution in [1.82, 2.24) is 0 Å². The van der Waals surface area contributed by atoms with Crippen LogP contribution >= 0.6 is 0 Å². The zero-order valence-electron chi connectivity index (χ0n) is 15.5. The number of methoxy groups -OCH3 is 2. The van der Waals surface area contributed by atoms with Crippen LogP contribution in [0.1, 0.15) is 5.56 Å². The third-order valence-corrected chi connectivity index (χ3v) is 5.19. The summed E-state index contributed by atoms with van der Waals surface area (Å²) in [5.41, 5.74) is 1.04. The molecule has 0 N–H and O–H groups in total. The van der Waals surface area contributed by atoms with Crippen molar-refractivity contribution in [2.45, 2.75) is 11.5 Å². The van der Waals surface area contributed by atoms with Gasteiger partial charge in [-0.1, -0.05) is 30.3 Å². The molecule has 28 heavy (non-hydrogen) atoms. The van der Waals surface area contributed by atoms with Crippen molar-refractivity contribution in [1.29, 1.82) is 0 Å². The molecule has 3 aromatic rings. The van der Waals surface area contributed by atoms with Gasteiger partial charge >= 0.3 is 10.1 Å². The summed E-state index contributed by atoms with van der Waals surface area (Å²) in [6.45, 7) is 0.417. The molecule has 0 unspecified atom stereocenters. The maximum atomic E-state index is 12.7. The van der Waals surface area contributed by atoms with Crippen LogP contribution in [0.3, 0.4) is 0 Å². The van der Waals surface area contributed by atoms with Gasteiger partial charge in [0.1, 0.15) is 29.6 Å². The normalized spacial score (nSPS) is 10.9. The van der Waals surface area contributed by atoms with Crippen molar-refractivity contribution in [3.63, 3.8) is 0 Å². The van der Waals surface area contributed by atoms with Crippen molar-refractivity contribution in [3.05, 3.63) is 78.4 Å². The molecule has 0 aromatic heterocycles. The highest BCUT2D eigenvalue weighted by Crippen LogP contribution is 2.31. The second-order valence-corrected chi connectivity index (χ2v) is 7.31. The molecule has 0 saturated heterocycles. The van der Waals surface area contributed by atoms with Crippen molar-refractivity contribution in [2.75, 3.05) is 14.2 Å². The van der Waals surface area contributed by atoms with E-state index in [0.29, 0.717) is 18.1 Å². The molecule has 0 spiro atoms. The van der Waals surface area contributed by atoms with Crippen molar-refractivity contribution in [3.8, 4) is 23.0 Å². The van der Waals surface area contributed by atoms with Crippen molar-refractivity contribution < 1.29 is 26.8 Å². The van der Waals surface area contributed by atoms with Crippen LogP contribution in [0, 0.1) is 0 Å². The number of benzene rings is 3. The van der Waals surface area contributed by atoms with Gasteiger partial charge in [0, 0.05) is 6.07 Å². The van der Waals surface area contributed by atoms with Gasteiger partial charge in [-0.05, 0) is 42.0 Å². The number of hydrogen-bond acceptors (Lipinski definition) is 6. The molecule has 6 nitrogen and oxygen atoms in total. The molecule has 0 aliphatic heterocycles. The monoisotopic (exact) mass is 400 g/mol. The summed E-state index contributed by atoms with van der Waals surface area (Å²) in [6.07, 6.45) is 0. The van der Waals surface area contributed by atoms with Crippen LogP contribution in [0.25, 0.3) is 0 Å². The van der Waals surface area contributed by atoms with Gasteiger partial charge in [-0.25, -0.2) is 0 Å². The second kappa shape index (κ2) is 8.67. The molecule has 146 valence electrons. The molecule has 0 fully saturated rings. The molecule has 3 rings (SSSR count). The van der Waals surface area contributed by atoms with Gasteiger partial charge in [0.05, 0.1) is 14.2 Å². The van der Waals surface area contributed by atoms with Crippen molar-refractivity contribution >= 4 is 10.1 Å². The van der Waals surface area contributed by atoms with E-state index in [-0.39, 0.29) is 16.4 Å². The Balaban J connectivity index is 1.72. The van der Waals surface area contributed by atoms with Crippen molar-refractivity contribution in [2.24, 2.45) is 0 Å². The summed E-state index contributed by atoms with van der Waals surface area (Å²) in [4.78, 5) is -0.112. The van der Waals surface area contributed by atoms with Gasteiger partial charge in [-0.3, -0.25) is 0 Å². The Morgan fingerprint density at radius 2 is 1.39 bits per heavy atom. The molecular weight excluding hydrogens is 380 g/mol. The van der Waals surface area contributed by atoms with E-state index in [1.165, 1.54) is 38.5 Å². The lowest BCUT2D eigenvalue weighted by molar-refractivity contribution is 0.306. The first-order valence-corrected chi connectivity index (χ1v) is 9.86. The Hall–Kier alpha value is -3.19. The van der Waals surface area contributed by atoms with Gasteiger partial charge in [0.25, 0.3) is 0 Å². The lowest BCUT2D eigenvalue weighted by Gasteiger charge is -2.12. The maximum absolute atomic E-state index is 12.7. The zero-order chi connectivity index (χ0) is 20.0. The van der Waals surface area contributed by atoms with E-state index in [4.69, 9.17) is 18.4 Å². The van der Waals surface area contributed by atoms with E-state index < -0.39 is 10.1 Å². The Kier molecular flexibility index (Phi) is 6.06. The minimum atomic E-state index is -4.10.